The van der Waals surface area contributed by atoms with Crippen LogP contribution in [0, 0.1) is 0 Å². The minimum absolute atomic E-state index is 0.240. The van der Waals surface area contributed by atoms with Gasteiger partial charge in [0.15, 0.2) is 12.4 Å². The third-order valence-electron chi connectivity index (χ3n) is 3.92. The number of rotatable bonds is 6. The summed E-state index contributed by atoms with van der Waals surface area (Å²) in [4.78, 5) is 36.3. The van der Waals surface area contributed by atoms with Gasteiger partial charge in [-0.1, -0.05) is 46.3 Å². The first-order valence-corrected chi connectivity index (χ1v) is 9.24. The van der Waals surface area contributed by atoms with Gasteiger partial charge >= 0.3 is 5.97 Å². The number of ketones is 1. The molecule has 3 aromatic rings. The third kappa shape index (κ3) is 5.14. The summed E-state index contributed by atoms with van der Waals surface area (Å²) in [6, 6.07) is 21.9. The van der Waals surface area contributed by atoms with E-state index in [4.69, 9.17) is 4.74 Å². The average molecular weight is 438 g/mol. The number of amides is 1. The maximum atomic E-state index is 12.1. The van der Waals surface area contributed by atoms with E-state index in [0.717, 1.165) is 4.47 Å². The normalized spacial score (nSPS) is 10.2. The van der Waals surface area contributed by atoms with Crippen LogP contribution >= 0.6 is 15.9 Å². The second kappa shape index (κ2) is 9.10. The van der Waals surface area contributed by atoms with Crippen LogP contribution in [0.1, 0.15) is 31.1 Å². The number of ether oxygens (including phenoxy) is 1. The standard InChI is InChI=1S/C22H16BrNO4/c23-18-10-6-15(7-11-18)20(25)14-28-22(27)17-8-12-19(13-9-17)24-21(26)16-4-2-1-3-5-16/h1-13H,14H2,(H,24,26). The van der Waals surface area contributed by atoms with E-state index in [1.54, 1.807) is 60.7 Å². The molecule has 28 heavy (non-hydrogen) atoms. The first-order valence-electron chi connectivity index (χ1n) is 8.45. The van der Waals surface area contributed by atoms with Gasteiger partial charge in [0.2, 0.25) is 0 Å². The molecule has 0 saturated carbocycles. The number of benzene rings is 3. The summed E-state index contributed by atoms with van der Waals surface area (Å²) in [5.41, 5.74) is 1.85. The van der Waals surface area contributed by atoms with Crippen molar-refractivity contribution in [2.24, 2.45) is 0 Å². The van der Waals surface area contributed by atoms with Crippen molar-refractivity contribution >= 4 is 39.3 Å². The highest BCUT2D eigenvalue weighted by atomic mass is 79.9. The van der Waals surface area contributed by atoms with E-state index in [-0.39, 0.29) is 18.3 Å². The lowest BCUT2D eigenvalue weighted by Crippen LogP contribution is -2.14. The number of halogens is 1. The Labute approximate surface area is 170 Å². The Bertz CT molecular complexity index is 983. The van der Waals surface area contributed by atoms with E-state index in [1.165, 1.54) is 12.1 Å². The van der Waals surface area contributed by atoms with Gasteiger partial charge in [0.05, 0.1) is 5.56 Å². The molecule has 0 heterocycles. The van der Waals surface area contributed by atoms with Crippen molar-refractivity contribution in [3.05, 3.63) is 100 Å². The molecule has 1 N–H and O–H groups in total. The predicted octanol–water partition coefficient (Wildman–Crippen LogP) is 4.74. The largest absolute Gasteiger partial charge is 0.454 e. The van der Waals surface area contributed by atoms with Crippen molar-refractivity contribution in [1.29, 1.82) is 0 Å². The summed E-state index contributed by atoms with van der Waals surface area (Å²) in [7, 11) is 0. The number of esters is 1. The van der Waals surface area contributed by atoms with Crippen molar-refractivity contribution in [3.63, 3.8) is 0 Å². The molecule has 1 amide bonds. The summed E-state index contributed by atoms with van der Waals surface area (Å²) in [5, 5.41) is 2.75. The summed E-state index contributed by atoms with van der Waals surface area (Å²) >= 11 is 3.30. The van der Waals surface area contributed by atoms with Gasteiger partial charge in [-0.15, -0.1) is 0 Å². The second-order valence-electron chi connectivity index (χ2n) is 5.90. The van der Waals surface area contributed by atoms with E-state index in [9.17, 15) is 14.4 Å². The highest BCUT2D eigenvalue weighted by Crippen LogP contribution is 2.14. The molecular formula is C22H16BrNO4. The summed E-state index contributed by atoms with van der Waals surface area (Å²) in [6.07, 6.45) is 0. The molecule has 6 heteroatoms. The molecule has 0 aliphatic carbocycles. The second-order valence-corrected chi connectivity index (χ2v) is 6.82. The monoisotopic (exact) mass is 437 g/mol. The van der Waals surface area contributed by atoms with Crippen LogP contribution in [0.4, 0.5) is 5.69 Å². The Kier molecular flexibility index (Phi) is 6.34. The molecular weight excluding hydrogens is 422 g/mol. The van der Waals surface area contributed by atoms with E-state index < -0.39 is 5.97 Å². The number of carbonyl (C=O) groups is 3. The van der Waals surface area contributed by atoms with Gasteiger partial charge in [0.25, 0.3) is 5.91 Å². The molecule has 0 radical (unpaired) electrons. The van der Waals surface area contributed by atoms with Crippen LogP contribution in [0.5, 0.6) is 0 Å². The number of carbonyl (C=O) groups excluding carboxylic acids is 3. The van der Waals surface area contributed by atoms with E-state index in [0.29, 0.717) is 22.4 Å². The van der Waals surface area contributed by atoms with Gasteiger partial charge in [-0.2, -0.15) is 0 Å². The van der Waals surface area contributed by atoms with Gasteiger partial charge < -0.3 is 10.1 Å². The zero-order valence-corrected chi connectivity index (χ0v) is 16.3. The van der Waals surface area contributed by atoms with Gasteiger partial charge in [-0.25, -0.2) is 4.79 Å². The zero-order valence-electron chi connectivity index (χ0n) is 14.7. The lowest BCUT2D eigenvalue weighted by molar-refractivity contribution is 0.0475. The average Bonchev–Trinajstić information content (AvgIpc) is 2.73. The minimum atomic E-state index is -0.605. The highest BCUT2D eigenvalue weighted by Gasteiger charge is 2.12. The lowest BCUT2D eigenvalue weighted by atomic mass is 10.1. The first-order chi connectivity index (χ1) is 13.5. The molecule has 3 aromatic carbocycles. The van der Waals surface area contributed by atoms with Crippen LogP contribution in [0.3, 0.4) is 0 Å². The summed E-state index contributed by atoms with van der Waals surface area (Å²) in [6.45, 7) is -0.340. The minimum Gasteiger partial charge on any atom is -0.454 e. The lowest BCUT2D eigenvalue weighted by Gasteiger charge is -2.07. The Balaban J connectivity index is 1.55. The topological polar surface area (TPSA) is 72.5 Å². The van der Waals surface area contributed by atoms with Crippen LogP contribution in [0.2, 0.25) is 0 Å². The van der Waals surface area contributed by atoms with Crippen LogP contribution < -0.4 is 5.32 Å². The molecule has 0 saturated heterocycles. The molecule has 0 spiro atoms. The molecule has 140 valence electrons. The Morgan fingerprint density at radius 1 is 0.750 bits per heavy atom. The van der Waals surface area contributed by atoms with Crippen molar-refractivity contribution in [2.75, 3.05) is 11.9 Å². The van der Waals surface area contributed by atoms with Gasteiger partial charge in [0.1, 0.15) is 0 Å². The summed E-state index contributed by atoms with van der Waals surface area (Å²) < 4.78 is 5.94. The molecule has 5 nitrogen and oxygen atoms in total. The Morgan fingerprint density at radius 2 is 1.36 bits per heavy atom. The smallest absolute Gasteiger partial charge is 0.338 e. The fourth-order valence-electron chi connectivity index (χ4n) is 2.42. The maximum Gasteiger partial charge on any atom is 0.338 e. The highest BCUT2D eigenvalue weighted by molar-refractivity contribution is 9.10. The first kappa shape index (κ1) is 19.5. The number of nitrogens with one attached hydrogen (secondary N) is 1. The SMILES string of the molecule is O=C(COC(=O)c1ccc(NC(=O)c2ccccc2)cc1)c1ccc(Br)cc1. The molecule has 0 aliphatic heterocycles. The van der Waals surface area contributed by atoms with Crippen molar-refractivity contribution in [2.45, 2.75) is 0 Å². The van der Waals surface area contributed by atoms with Crippen molar-refractivity contribution in [3.8, 4) is 0 Å². The van der Waals surface area contributed by atoms with Crippen molar-refractivity contribution in [1.82, 2.24) is 0 Å². The van der Waals surface area contributed by atoms with Crippen LogP contribution in [-0.2, 0) is 4.74 Å². The number of hydrogen-bond acceptors (Lipinski definition) is 4. The Hall–Kier alpha value is -3.25. The zero-order chi connectivity index (χ0) is 19.9. The Morgan fingerprint density at radius 3 is 2.00 bits per heavy atom. The third-order valence-corrected chi connectivity index (χ3v) is 4.44. The van der Waals surface area contributed by atoms with Crippen LogP contribution in [0.15, 0.2) is 83.3 Å². The van der Waals surface area contributed by atoms with Gasteiger partial charge in [-0.05, 0) is 48.5 Å². The molecule has 0 fully saturated rings. The van der Waals surface area contributed by atoms with E-state index >= 15 is 0 Å². The number of hydrogen-bond donors (Lipinski definition) is 1. The fraction of sp³-hybridized carbons (Fsp3) is 0.0455. The van der Waals surface area contributed by atoms with E-state index in [1.807, 2.05) is 6.07 Å². The number of Topliss-reactive ketones (excluding diaryl/α,β-unsaturated/α-hetero) is 1. The number of anilines is 1. The van der Waals surface area contributed by atoms with Gasteiger partial charge in [-0.3, -0.25) is 9.59 Å². The predicted molar refractivity (Wildman–Crippen MR) is 110 cm³/mol. The molecule has 0 aliphatic rings. The van der Waals surface area contributed by atoms with Gasteiger partial charge in [0, 0.05) is 21.3 Å². The van der Waals surface area contributed by atoms with E-state index in [2.05, 4.69) is 21.2 Å². The van der Waals surface area contributed by atoms with Crippen LogP contribution in [0.25, 0.3) is 0 Å². The maximum absolute atomic E-state index is 12.1. The fourth-order valence-corrected chi connectivity index (χ4v) is 2.68. The molecule has 0 unspecified atom stereocenters. The molecule has 0 bridgehead atoms. The molecule has 3 rings (SSSR count). The van der Waals surface area contributed by atoms with Crippen molar-refractivity contribution < 1.29 is 19.1 Å². The van der Waals surface area contributed by atoms with Crippen LogP contribution in [-0.4, -0.2) is 24.3 Å². The summed E-state index contributed by atoms with van der Waals surface area (Å²) in [5.74, 6) is -1.13. The quantitative estimate of drug-likeness (QED) is 0.446. The molecule has 0 aromatic heterocycles. The molecule has 0 atom stereocenters.